The summed E-state index contributed by atoms with van der Waals surface area (Å²) in [7, 11) is -2.72. The SMILES string of the molecule is CC(=O)OCc1cccc([Si](C)(CCC(F)(F)F)c2cccc(CO)c2)c1. The number of hydrogen-bond donors (Lipinski definition) is 1. The lowest BCUT2D eigenvalue weighted by Crippen LogP contribution is -2.56. The molecule has 0 radical (unpaired) electrons. The molecule has 0 fully saturated rings. The van der Waals surface area contributed by atoms with E-state index in [4.69, 9.17) is 4.74 Å². The molecule has 0 heterocycles. The van der Waals surface area contributed by atoms with Crippen molar-refractivity contribution in [2.75, 3.05) is 0 Å². The normalized spacial score (nSPS) is 13.9. The molecule has 0 aliphatic heterocycles. The third-order valence-electron chi connectivity index (χ3n) is 4.66. The second-order valence-electron chi connectivity index (χ2n) is 6.79. The van der Waals surface area contributed by atoms with Crippen LogP contribution in [0, 0.1) is 0 Å². The van der Waals surface area contributed by atoms with Crippen molar-refractivity contribution < 1.29 is 27.8 Å². The Morgan fingerprint density at radius 1 is 1.07 bits per heavy atom. The minimum absolute atomic E-state index is 0.00238. The molecule has 0 aliphatic rings. The summed E-state index contributed by atoms with van der Waals surface area (Å²) in [5.41, 5.74) is 1.42. The molecule has 146 valence electrons. The summed E-state index contributed by atoms with van der Waals surface area (Å²) in [6, 6.07) is 14.4. The van der Waals surface area contributed by atoms with Crippen LogP contribution in [-0.2, 0) is 22.7 Å². The van der Waals surface area contributed by atoms with E-state index >= 15 is 0 Å². The molecule has 2 aromatic rings. The Hall–Kier alpha value is -2.12. The molecule has 7 heteroatoms. The highest BCUT2D eigenvalue weighted by Gasteiger charge is 2.37. The molecule has 1 unspecified atom stereocenters. The van der Waals surface area contributed by atoms with Gasteiger partial charge < -0.3 is 9.84 Å². The highest BCUT2D eigenvalue weighted by atomic mass is 28.3. The Morgan fingerprint density at radius 3 is 2.15 bits per heavy atom. The van der Waals surface area contributed by atoms with E-state index in [0.29, 0.717) is 5.56 Å². The number of halogens is 3. The molecule has 1 atom stereocenters. The number of carbonyl (C=O) groups excluding carboxylic acids is 1. The predicted octanol–water partition coefficient (Wildman–Crippen LogP) is 3.39. The number of esters is 1. The number of rotatable bonds is 7. The molecule has 0 saturated carbocycles. The van der Waals surface area contributed by atoms with Gasteiger partial charge in [-0.25, -0.2) is 0 Å². The fraction of sp³-hybridized carbons (Fsp3) is 0.350. The van der Waals surface area contributed by atoms with Crippen LogP contribution in [0.1, 0.15) is 24.5 Å². The Bertz CT molecular complexity index is 792. The van der Waals surface area contributed by atoms with Crippen molar-refractivity contribution in [3.8, 4) is 0 Å². The van der Waals surface area contributed by atoms with Crippen molar-refractivity contribution in [2.45, 2.75) is 45.3 Å². The van der Waals surface area contributed by atoms with E-state index in [-0.39, 0.29) is 19.3 Å². The smallest absolute Gasteiger partial charge is 0.388 e. The summed E-state index contributed by atoms with van der Waals surface area (Å²) < 4.78 is 43.9. The van der Waals surface area contributed by atoms with E-state index in [1.165, 1.54) is 6.92 Å². The molecule has 0 aliphatic carbocycles. The van der Waals surface area contributed by atoms with E-state index in [0.717, 1.165) is 15.9 Å². The zero-order valence-electron chi connectivity index (χ0n) is 15.3. The van der Waals surface area contributed by atoms with E-state index in [1.807, 2.05) is 24.7 Å². The number of hydrogen-bond acceptors (Lipinski definition) is 3. The number of benzene rings is 2. The Balaban J connectivity index is 2.45. The number of carbonyl (C=O) groups is 1. The van der Waals surface area contributed by atoms with Crippen LogP contribution in [0.15, 0.2) is 48.5 Å². The molecule has 0 saturated heterocycles. The van der Waals surface area contributed by atoms with Gasteiger partial charge in [-0.1, -0.05) is 65.5 Å². The van der Waals surface area contributed by atoms with Crippen molar-refractivity contribution in [3.63, 3.8) is 0 Å². The minimum atomic E-state index is -4.24. The van der Waals surface area contributed by atoms with Gasteiger partial charge in [-0.05, 0) is 17.2 Å². The van der Waals surface area contributed by atoms with Crippen LogP contribution in [0.3, 0.4) is 0 Å². The van der Waals surface area contributed by atoms with Gasteiger partial charge in [0.1, 0.15) is 14.7 Å². The number of aliphatic hydroxyl groups is 1. The molecular weight excluding hydrogens is 373 g/mol. The van der Waals surface area contributed by atoms with Gasteiger partial charge >= 0.3 is 12.1 Å². The summed E-state index contributed by atoms with van der Waals surface area (Å²) in [6.45, 7) is 3.14. The van der Waals surface area contributed by atoms with Crippen molar-refractivity contribution in [2.24, 2.45) is 0 Å². The van der Waals surface area contributed by atoms with E-state index in [2.05, 4.69) is 0 Å². The van der Waals surface area contributed by atoms with Gasteiger partial charge in [0.15, 0.2) is 0 Å². The predicted molar refractivity (Wildman–Crippen MR) is 101 cm³/mol. The van der Waals surface area contributed by atoms with E-state index < -0.39 is 26.6 Å². The molecule has 3 nitrogen and oxygen atoms in total. The van der Waals surface area contributed by atoms with Crippen molar-refractivity contribution in [1.29, 1.82) is 0 Å². The maximum absolute atomic E-state index is 13.0. The first kappa shape index (κ1) is 21.2. The largest absolute Gasteiger partial charge is 0.461 e. The molecule has 2 rings (SSSR count). The zero-order valence-corrected chi connectivity index (χ0v) is 16.3. The molecule has 1 N–H and O–H groups in total. The van der Waals surface area contributed by atoms with Crippen molar-refractivity contribution in [1.82, 2.24) is 0 Å². The molecule has 0 aromatic heterocycles. The third kappa shape index (κ3) is 5.94. The van der Waals surface area contributed by atoms with Crippen LogP contribution in [-0.4, -0.2) is 25.3 Å². The van der Waals surface area contributed by atoms with Crippen LogP contribution in [0.25, 0.3) is 0 Å². The summed E-state index contributed by atoms with van der Waals surface area (Å²) >= 11 is 0. The monoisotopic (exact) mass is 396 g/mol. The van der Waals surface area contributed by atoms with Gasteiger partial charge in [0.05, 0.1) is 6.61 Å². The average molecular weight is 396 g/mol. The summed E-state index contributed by atoms with van der Waals surface area (Å²) in [5, 5.41) is 11.1. The molecular formula is C20H23F3O3Si. The number of aliphatic hydroxyl groups excluding tert-OH is 1. The second-order valence-corrected chi connectivity index (χ2v) is 11.1. The number of ether oxygens (including phenoxy) is 1. The zero-order chi connectivity index (χ0) is 20.1. The highest BCUT2D eigenvalue weighted by molar-refractivity contribution is 7.01. The van der Waals surface area contributed by atoms with Gasteiger partial charge in [0.2, 0.25) is 0 Å². The molecule has 0 bridgehead atoms. The Labute approximate surface area is 157 Å². The topological polar surface area (TPSA) is 46.5 Å². The third-order valence-corrected chi connectivity index (χ3v) is 9.08. The minimum Gasteiger partial charge on any atom is -0.461 e. The molecule has 2 aromatic carbocycles. The highest BCUT2D eigenvalue weighted by Crippen LogP contribution is 2.26. The summed E-state index contributed by atoms with van der Waals surface area (Å²) in [6.07, 6.45) is -5.11. The average Bonchev–Trinajstić information content (AvgIpc) is 2.64. The number of alkyl halides is 3. The summed E-state index contributed by atoms with van der Waals surface area (Å²) in [5.74, 6) is -0.409. The van der Waals surface area contributed by atoms with Crippen LogP contribution in [0.2, 0.25) is 12.6 Å². The maximum atomic E-state index is 13.0. The van der Waals surface area contributed by atoms with E-state index in [1.54, 1.807) is 30.3 Å². The lowest BCUT2D eigenvalue weighted by Gasteiger charge is -2.30. The van der Waals surface area contributed by atoms with Crippen LogP contribution in [0.4, 0.5) is 13.2 Å². The molecule has 27 heavy (non-hydrogen) atoms. The maximum Gasteiger partial charge on any atom is 0.388 e. The van der Waals surface area contributed by atoms with Crippen molar-refractivity contribution in [3.05, 3.63) is 59.7 Å². The van der Waals surface area contributed by atoms with Crippen LogP contribution < -0.4 is 10.4 Å². The van der Waals surface area contributed by atoms with Gasteiger partial charge in [0.25, 0.3) is 0 Å². The standard InChI is InChI=1S/C20H23F3O3Si/c1-15(25)26-14-17-6-4-8-19(12-17)27(2,10-9-20(21,22)23)18-7-3-5-16(11-18)13-24/h3-8,11-12,24H,9-10,13-14H2,1-2H3. The molecule has 0 spiro atoms. The summed E-state index contributed by atoms with van der Waals surface area (Å²) in [4.78, 5) is 11.0. The molecule has 0 amide bonds. The van der Waals surface area contributed by atoms with Gasteiger partial charge in [-0.3, -0.25) is 4.79 Å². The van der Waals surface area contributed by atoms with Crippen molar-refractivity contribution >= 4 is 24.4 Å². The fourth-order valence-electron chi connectivity index (χ4n) is 3.05. The fourth-order valence-corrected chi connectivity index (χ4v) is 6.68. The van der Waals surface area contributed by atoms with Crippen LogP contribution >= 0.6 is 0 Å². The second kappa shape index (κ2) is 8.71. The first-order valence-corrected chi connectivity index (χ1v) is 11.3. The van der Waals surface area contributed by atoms with Gasteiger partial charge in [-0.2, -0.15) is 13.2 Å². The van der Waals surface area contributed by atoms with E-state index in [9.17, 15) is 23.1 Å². The quantitative estimate of drug-likeness (QED) is 0.577. The first-order valence-electron chi connectivity index (χ1n) is 8.64. The van der Waals surface area contributed by atoms with Gasteiger partial charge in [0, 0.05) is 13.3 Å². The first-order chi connectivity index (χ1) is 12.6. The Morgan fingerprint density at radius 2 is 1.63 bits per heavy atom. The van der Waals surface area contributed by atoms with Gasteiger partial charge in [-0.15, -0.1) is 0 Å². The van der Waals surface area contributed by atoms with Crippen LogP contribution in [0.5, 0.6) is 0 Å². The lowest BCUT2D eigenvalue weighted by atomic mass is 10.2. The lowest BCUT2D eigenvalue weighted by molar-refractivity contribution is -0.142. The Kier molecular flexibility index (Phi) is 6.83.